The summed E-state index contributed by atoms with van der Waals surface area (Å²) in [7, 11) is 0. The largest absolute Gasteiger partial charge is 0.480 e. The first-order chi connectivity index (χ1) is 27.4. The summed E-state index contributed by atoms with van der Waals surface area (Å²) in [5.41, 5.74) is 5.49. The highest BCUT2D eigenvalue weighted by molar-refractivity contribution is 5.83. The Kier molecular flexibility index (Phi) is 41.8. The fraction of sp³-hybridized carbons (Fsp3) is 0.816. The van der Waals surface area contributed by atoms with Gasteiger partial charge in [-0.15, -0.1) is 0 Å². The molecule has 56 heavy (non-hydrogen) atoms. The van der Waals surface area contributed by atoms with Crippen LogP contribution < -0.4 is 11.1 Å². The van der Waals surface area contributed by atoms with E-state index in [1.54, 1.807) is 0 Å². The number of unbranched alkanes of at least 4 members (excludes halogenated alkanes) is 25. The Morgan fingerprint density at radius 2 is 0.982 bits per heavy atom. The van der Waals surface area contributed by atoms with Crippen LogP contribution in [0.25, 0.3) is 0 Å². The van der Waals surface area contributed by atoms with Crippen LogP contribution in [0.4, 0.5) is 0 Å². The van der Waals surface area contributed by atoms with Crippen LogP contribution in [0.3, 0.4) is 0 Å². The van der Waals surface area contributed by atoms with Crippen LogP contribution in [-0.4, -0.2) is 41.6 Å². The molecule has 0 saturated carbocycles. The van der Waals surface area contributed by atoms with Crippen LogP contribution in [-0.2, 0) is 19.1 Å². The number of rotatable bonds is 43. The van der Waals surface area contributed by atoms with Gasteiger partial charge in [0.05, 0.1) is 0 Å². The normalized spacial score (nSPS) is 12.9. The Bertz CT molecular complexity index is 978. The Labute approximate surface area is 345 Å². The average Bonchev–Trinajstić information content (AvgIpc) is 3.18. The number of nitrogens with two attached hydrogens (primary N) is 1. The molecule has 0 rings (SSSR count). The van der Waals surface area contributed by atoms with Crippen molar-refractivity contribution in [2.45, 2.75) is 251 Å². The van der Waals surface area contributed by atoms with E-state index in [0.717, 1.165) is 70.6 Å². The zero-order valence-corrected chi connectivity index (χ0v) is 36.7. The van der Waals surface area contributed by atoms with E-state index < -0.39 is 12.0 Å². The van der Waals surface area contributed by atoms with Gasteiger partial charge in [0.25, 0.3) is 0 Å². The Morgan fingerprint density at radius 3 is 1.50 bits per heavy atom. The van der Waals surface area contributed by atoms with Crippen LogP contribution in [0.1, 0.15) is 239 Å². The zero-order valence-electron chi connectivity index (χ0n) is 36.7. The van der Waals surface area contributed by atoms with E-state index in [1.165, 1.54) is 128 Å². The van der Waals surface area contributed by atoms with Crippen LogP contribution in [0.5, 0.6) is 0 Å². The predicted octanol–water partition coefficient (Wildman–Crippen LogP) is 13.8. The molecule has 0 spiro atoms. The third kappa shape index (κ3) is 39.8. The van der Waals surface area contributed by atoms with Crippen molar-refractivity contribution in [1.29, 1.82) is 0 Å². The minimum absolute atomic E-state index is 0.0903. The Hall–Kier alpha value is -2.41. The molecule has 0 bridgehead atoms. The minimum Gasteiger partial charge on any atom is -0.480 e. The summed E-state index contributed by atoms with van der Waals surface area (Å²) in [5.74, 6) is -1.32. The summed E-state index contributed by atoms with van der Waals surface area (Å²) in [5, 5.41) is 11.9. The lowest BCUT2D eigenvalue weighted by Crippen LogP contribution is -2.40. The van der Waals surface area contributed by atoms with Gasteiger partial charge in [-0.1, -0.05) is 192 Å². The number of carboxylic acid groups (broad SMARTS) is 1. The van der Waals surface area contributed by atoms with E-state index in [4.69, 9.17) is 10.5 Å². The number of carboxylic acids is 1. The van der Waals surface area contributed by atoms with Gasteiger partial charge < -0.3 is 20.9 Å². The number of hydrogen-bond acceptors (Lipinski definition) is 5. The van der Waals surface area contributed by atoms with Crippen molar-refractivity contribution in [2.24, 2.45) is 5.73 Å². The number of allylic oxidation sites excluding steroid dienone is 5. The van der Waals surface area contributed by atoms with E-state index in [2.05, 4.69) is 55.6 Å². The fourth-order valence-electron chi connectivity index (χ4n) is 7.08. The zero-order chi connectivity index (χ0) is 41.0. The van der Waals surface area contributed by atoms with Crippen molar-refractivity contribution in [1.82, 2.24) is 5.32 Å². The first kappa shape index (κ1) is 53.6. The highest BCUT2D eigenvalue weighted by Crippen LogP contribution is 2.17. The van der Waals surface area contributed by atoms with Crippen molar-refractivity contribution in [3.63, 3.8) is 0 Å². The van der Waals surface area contributed by atoms with Crippen molar-refractivity contribution in [3.8, 4) is 0 Å². The molecule has 2 atom stereocenters. The van der Waals surface area contributed by atoms with E-state index in [9.17, 15) is 19.5 Å². The van der Waals surface area contributed by atoms with Gasteiger partial charge in [-0.05, 0) is 76.8 Å². The second kappa shape index (κ2) is 43.7. The van der Waals surface area contributed by atoms with Gasteiger partial charge >= 0.3 is 11.9 Å². The maximum Gasteiger partial charge on any atom is 0.326 e. The molecule has 0 aliphatic carbocycles. The summed E-state index contributed by atoms with van der Waals surface area (Å²) in [6, 6.07) is -0.866. The van der Waals surface area contributed by atoms with Crippen molar-refractivity contribution in [2.75, 3.05) is 6.54 Å². The number of aliphatic carboxylic acids is 1. The quantitative estimate of drug-likeness (QED) is 0.0322. The summed E-state index contributed by atoms with van der Waals surface area (Å²) < 4.78 is 5.95. The van der Waals surface area contributed by atoms with Gasteiger partial charge in [-0.25, -0.2) is 4.79 Å². The molecule has 0 heterocycles. The van der Waals surface area contributed by atoms with Crippen molar-refractivity contribution in [3.05, 3.63) is 36.5 Å². The van der Waals surface area contributed by atoms with Gasteiger partial charge in [0, 0.05) is 12.8 Å². The van der Waals surface area contributed by atoms with Gasteiger partial charge in [0.2, 0.25) is 5.91 Å². The van der Waals surface area contributed by atoms with Gasteiger partial charge in [-0.3, -0.25) is 9.59 Å². The maximum absolute atomic E-state index is 12.8. The molecular weight excluding hydrogens is 697 g/mol. The first-order valence-electron chi connectivity index (χ1n) is 23.8. The third-order valence-corrected chi connectivity index (χ3v) is 10.7. The lowest BCUT2D eigenvalue weighted by atomic mass is 10.0. The number of amides is 1. The average molecular weight is 787 g/mol. The molecule has 7 nitrogen and oxygen atoms in total. The molecular formula is C49H90N2O5. The molecule has 0 radical (unpaired) electrons. The molecule has 0 fully saturated rings. The highest BCUT2D eigenvalue weighted by atomic mass is 16.5. The van der Waals surface area contributed by atoms with Crippen LogP contribution in [0.2, 0.25) is 0 Å². The Balaban J connectivity index is 4.29. The lowest BCUT2D eigenvalue weighted by Gasteiger charge is -2.15. The molecule has 4 N–H and O–H groups in total. The van der Waals surface area contributed by atoms with Gasteiger partial charge in [0.1, 0.15) is 12.1 Å². The van der Waals surface area contributed by atoms with Crippen molar-refractivity contribution >= 4 is 17.8 Å². The SMILES string of the molecule is CCCCC/C=C\C/C=C\C/C=C\C(CCCCCCCC(=O)NC(CCCN)C(=O)O)OC(=O)CCCCCCCCCCCCCCCCCCCCC. The third-order valence-electron chi connectivity index (χ3n) is 10.7. The molecule has 1 amide bonds. The van der Waals surface area contributed by atoms with Gasteiger partial charge in [-0.2, -0.15) is 0 Å². The molecule has 2 unspecified atom stereocenters. The number of esters is 1. The number of hydrogen-bond donors (Lipinski definition) is 3. The molecule has 326 valence electrons. The molecule has 0 aliphatic rings. The number of carbonyl (C=O) groups is 3. The second-order valence-corrected chi connectivity index (χ2v) is 16.2. The smallest absolute Gasteiger partial charge is 0.326 e. The fourth-order valence-corrected chi connectivity index (χ4v) is 7.08. The monoisotopic (exact) mass is 787 g/mol. The minimum atomic E-state index is -1.01. The summed E-state index contributed by atoms with van der Waals surface area (Å²) in [4.78, 5) is 36.4. The molecule has 7 heteroatoms. The van der Waals surface area contributed by atoms with E-state index in [-0.39, 0.29) is 18.0 Å². The maximum atomic E-state index is 12.8. The lowest BCUT2D eigenvalue weighted by molar-refractivity contribution is -0.147. The molecule has 0 aromatic heterocycles. The summed E-state index contributed by atoms with van der Waals surface area (Å²) in [6.07, 6.45) is 52.2. The van der Waals surface area contributed by atoms with Crippen molar-refractivity contribution < 1.29 is 24.2 Å². The standard InChI is InChI=1S/C49H90N2O5/c1-3-5-7-9-11-13-15-16-17-18-19-20-21-22-24-26-28-33-37-43-48(53)56-45(39-34-30-27-25-23-14-12-10-8-6-4-2)40-35-31-29-32-36-42-47(52)51-46(49(54)55)41-38-44-50/h12,14,25,27,34,39,45-46H,3-11,13,15-24,26,28-33,35-38,40-44,50H2,1-2H3,(H,51,52)(H,54,55)/b14-12-,27-25-,39-34-. The number of nitrogens with one attached hydrogen (secondary N) is 1. The molecule has 0 aromatic carbocycles. The number of ether oxygens (including phenoxy) is 1. The molecule has 0 aliphatic heterocycles. The summed E-state index contributed by atoms with van der Waals surface area (Å²) >= 11 is 0. The van der Waals surface area contributed by atoms with E-state index in [1.807, 2.05) is 0 Å². The Morgan fingerprint density at radius 1 is 0.536 bits per heavy atom. The first-order valence-corrected chi connectivity index (χ1v) is 23.8. The van der Waals surface area contributed by atoms with E-state index in [0.29, 0.717) is 32.2 Å². The van der Waals surface area contributed by atoms with Crippen LogP contribution in [0, 0.1) is 0 Å². The topological polar surface area (TPSA) is 119 Å². The summed E-state index contributed by atoms with van der Waals surface area (Å²) in [6.45, 7) is 4.92. The second-order valence-electron chi connectivity index (χ2n) is 16.2. The van der Waals surface area contributed by atoms with Gasteiger partial charge in [0.15, 0.2) is 0 Å². The molecule has 0 aromatic rings. The van der Waals surface area contributed by atoms with E-state index >= 15 is 0 Å². The molecule has 0 saturated heterocycles. The number of carbonyl (C=O) groups excluding carboxylic acids is 2. The van der Waals surface area contributed by atoms with Crippen LogP contribution in [0.15, 0.2) is 36.5 Å². The van der Waals surface area contributed by atoms with Crippen LogP contribution >= 0.6 is 0 Å². The predicted molar refractivity (Wildman–Crippen MR) is 239 cm³/mol. The highest BCUT2D eigenvalue weighted by Gasteiger charge is 2.19.